The maximum Gasteiger partial charge on any atom is 0.0629 e. The molecule has 0 aliphatic carbocycles. The zero-order valence-electron chi connectivity index (χ0n) is 43.1. The van der Waals surface area contributed by atoms with Crippen molar-refractivity contribution in [2.75, 3.05) is 4.90 Å². The lowest BCUT2D eigenvalue weighted by Crippen LogP contribution is -2.09. The van der Waals surface area contributed by atoms with Crippen molar-refractivity contribution in [2.24, 2.45) is 0 Å². The van der Waals surface area contributed by atoms with E-state index < -0.39 is 6.04 Å². The third-order valence-corrected chi connectivity index (χ3v) is 13.7. The Morgan fingerprint density at radius 3 is 1.17 bits per heavy atom. The summed E-state index contributed by atoms with van der Waals surface area (Å²) < 4.78 is 44.2. The molecule has 0 spiro atoms. The lowest BCUT2D eigenvalue weighted by Gasteiger charge is -2.26. The molecule has 2 heteroatoms. The van der Waals surface area contributed by atoms with Crippen molar-refractivity contribution in [1.29, 1.82) is 0 Å². The molecule has 13 aromatic rings. The van der Waals surface area contributed by atoms with Gasteiger partial charge in [-0.3, -0.25) is 0 Å². The van der Waals surface area contributed by atoms with Gasteiger partial charge in [-0.2, -0.15) is 0 Å². The first-order valence-electron chi connectivity index (χ1n) is 26.2. The third kappa shape index (κ3) is 7.31. The minimum absolute atomic E-state index is 0.179. The van der Waals surface area contributed by atoms with E-state index in [0.717, 1.165) is 61.6 Å². The van der Waals surface area contributed by atoms with Crippen LogP contribution < -0.4 is 4.90 Å². The number of aromatic nitrogens is 1. The molecule has 0 radical (unpaired) electrons. The van der Waals surface area contributed by atoms with Gasteiger partial charge in [0.15, 0.2) is 0 Å². The quantitative estimate of drug-likeness (QED) is 0.131. The molecule has 12 aromatic carbocycles. The van der Waals surface area contributed by atoms with Gasteiger partial charge < -0.3 is 9.47 Å². The predicted molar refractivity (Wildman–Crippen MR) is 298 cm³/mol. The third-order valence-electron chi connectivity index (χ3n) is 13.7. The Hall–Kier alpha value is -9.24. The summed E-state index contributed by atoms with van der Waals surface area (Å²) in [6.07, 6.45) is 0. The number of fused-ring (bicyclic) bond motifs is 8. The molecule has 0 amide bonds. The lowest BCUT2D eigenvalue weighted by atomic mass is 9.95. The fraction of sp³-hybridized carbons (Fsp3) is 0. The van der Waals surface area contributed by atoms with E-state index in [9.17, 15) is 0 Å². The van der Waals surface area contributed by atoms with Gasteiger partial charge in [0.1, 0.15) is 0 Å². The second-order valence-corrected chi connectivity index (χ2v) is 17.7. The first-order valence-corrected chi connectivity index (χ1v) is 23.7. The minimum atomic E-state index is -0.405. The zero-order chi connectivity index (χ0) is 50.7. The van der Waals surface area contributed by atoms with Crippen LogP contribution in [0.2, 0.25) is 0 Å². The Balaban J connectivity index is 0.859. The molecule has 0 unspecified atom stereocenters. The highest BCUT2D eigenvalue weighted by Gasteiger charge is 2.20. The summed E-state index contributed by atoms with van der Waals surface area (Å²) >= 11 is 0. The molecule has 1 heterocycles. The minimum Gasteiger partial charge on any atom is -0.311 e. The number of nitrogens with zero attached hydrogens (tertiary/aromatic N) is 2. The number of hydrogen-bond acceptors (Lipinski definition) is 1. The van der Waals surface area contributed by atoms with Crippen molar-refractivity contribution >= 4 is 60.4 Å². The van der Waals surface area contributed by atoms with Crippen LogP contribution in [-0.4, -0.2) is 4.57 Å². The molecule has 0 aliphatic heterocycles. The van der Waals surface area contributed by atoms with Crippen LogP contribution in [0.4, 0.5) is 17.1 Å². The Bertz CT molecular complexity index is 4260. The first kappa shape index (κ1) is 35.9. The van der Waals surface area contributed by atoms with Crippen LogP contribution >= 0.6 is 0 Å². The molecule has 328 valence electrons. The average Bonchev–Trinajstić information content (AvgIpc) is 3.94. The van der Waals surface area contributed by atoms with E-state index in [4.69, 9.17) is 6.85 Å². The molecular formula is C68H46N2. The number of hydrogen-bond donors (Lipinski definition) is 0. The molecule has 0 atom stereocenters. The van der Waals surface area contributed by atoms with E-state index in [1.165, 1.54) is 49.0 Å². The molecule has 0 bridgehead atoms. The van der Waals surface area contributed by atoms with Crippen LogP contribution in [0, 0.1) is 0 Å². The zero-order valence-corrected chi connectivity index (χ0v) is 38.1. The maximum atomic E-state index is 8.59. The number of rotatable bonds is 9. The van der Waals surface area contributed by atoms with Gasteiger partial charge in [0, 0.05) is 38.9 Å². The monoisotopic (exact) mass is 895 g/mol. The van der Waals surface area contributed by atoms with Crippen molar-refractivity contribution in [2.45, 2.75) is 0 Å². The highest BCUT2D eigenvalue weighted by molar-refractivity contribution is 6.32. The first-order chi connectivity index (χ1) is 36.8. The molecule has 70 heavy (non-hydrogen) atoms. The van der Waals surface area contributed by atoms with Crippen LogP contribution in [0.25, 0.3) is 105 Å². The van der Waals surface area contributed by atoms with Crippen molar-refractivity contribution in [3.63, 3.8) is 0 Å². The van der Waals surface area contributed by atoms with E-state index in [2.05, 4.69) is 216 Å². The lowest BCUT2D eigenvalue weighted by molar-refractivity contribution is 1.19. The van der Waals surface area contributed by atoms with Crippen LogP contribution in [-0.2, 0) is 0 Å². The smallest absolute Gasteiger partial charge is 0.0629 e. The van der Waals surface area contributed by atoms with Gasteiger partial charge in [-0.05, 0) is 132 Å². The van der Waals surface area contributed by atoms with Gasteiger partial charge in [-0.1, -0.05) is 218 Å². The molecule has 1 aromatic heterocycles. The summed E-state index contributed by atoms with van der Waals surface area (Å²) in [4.78, 5) is 2.17. The summed E-state index contributed by atoms with van der Waals surface area (Å²) in [5.41, 5.74) is 16.0. The molecular weight excluding hydrogens is 845 g/mol. The van der Waals surface area contributed by atoms with E-state index in [1.807, 2.05) is 42.5 Å². The summed E-state index contributed by atoms with van der Waals surface area (Å²) in [5.74, 6) is 0. The Morgan fingerprint density at radius 1 is 0.286 bits per heavy atom. The number of anilines is 3. The van der Waals surface area contributed by atoms with E-state index >= 15 is 0 Å². The van der Waals surface area contributed by atoms with Crippen molar-refractivity contribution in [3.8, 4) is 61.3 Å². The average molecular weight is 896 g/mol. The summed E-state index contributed by atoms with van der Waals surface area (Å²) in [7, 11) is 0. The summed E-state index contributed by atoms with van der Waals surface area (Å²) in [6.45, 7) is 0. The molecule has 0 N–H and O–H groups in total. The maximum absolute atomic E-state index is 8.59. The molecule has 0 saturated carbocycles. The second-order valence-electron chi connectivity index (χ2n) is 17.7. The van der Waals surface area contributed by atoms with Crippen molar-refractivity contribution in [3.05, 3.63) is 279 Å². The van der Waals surface area contributed by atoms with E-state index in [0.29, 0.717) is 5.56 Å². The van der Waals surface area contributed by atoms with Crippen molar-refractivity contribution in [1.82, 2.24) is 4.57 Å². The van der Waals surface area contributed by atoms with Crippen molar-refractivity contribution < 1.29 is 6.85 Å². The Kier molecular flexibility index (Phi) is 8.94. The molecule has 2 nitrogen and oxygen atoms in total. The predicted octanol–water partition coefficient (Wildman–Crippen LogP) is 18.9. The van der Waals surface area contributed by atoms with Gasteiger partial charge in [-0.25, -0.2) is 0 Å². The van der Waals surface area contributed by atoms with Crippen LogP contribution in [0.5, 0.6) is 0 Å². The summed E-state index contributed by atoms with van der Waals surface area (Å²) in [6, 6.07) is 86.2. The van der Waals surface area contributed by atoms with Crippen LogP contribution in [0.15, 0.2) is 279 Å². The van der Waals surface area contributed by atoms with Gasteiger partial charge in [0.05, 0.1) is 17.9 Å². The number of benzene rings is 12. The van der Waals surface area contributed by atoms with E-state index in [1.54, 1.807) is 0 Å². The Labute approximate surface area is 415 Å². The summed E-state index contributed by atoms with van der Waals surface area (Å²) in [5, 5.41) is 7.40. The molecule has 13 rings (SSSR count). The molecule has 0 fully saturated rings. The highest BCUT2D eigenvalue weighted by Crippen LogP contribution is 2.44. The largest absolute Gasteiger partial charge is 0.311 e. The fourth-order valence-electron chi connectivity index (χ4n) is 10.3. The normalized spacial score (nSPS) is 12.4. The molecule has 0 saturated heterocycles. The SMILES string of the molecule is [2H]c1c([2H])c([2H])c(-c2ccc(N(c3ccc(-c4ccccc4)cc3)c3ccc(-c4ccc(-c5ccc6c(c5)c5c7ccccc7c7ccccc7c5n6-c5ccc(-c6ccccc6)cc5)cc4)cc3)cc2)c([2H])c1[2H]. The standard InChI is InChI=1S/C68H46N2/c1-4-14-47(15-5-1)51-28-37-57(38-29-51)69(58-39-30-52(31-40-58)48-16-6-2-7-17-48)59-41-32-54(33-42-59)50-24-26-55(27-25-50)56-36-45-66-65(46-56)67-63-22-12-10-20-61(63)62-21-11-13-23-64(62)68(67)70(66)60-43-34-53(35-44-60)49-18-8-3-9-19-49/h1-46H/i1D,4D,5D,14D,15D. The Morgan fingerprint density at radius 2 is 0.657 bits per heavy atom. The van der Waals surface area contributed by atoms with Gasteiger partial charge in [0.2, 0.25) is 0 Å². The second kappa shape index (κ2) is 17.4. The fourth-order valence-corrected chi connectivity index (χ4v) is 10.3. The van der Waals surface area contributed by atoms with Gasteiger partial charge >= 0.3 is 0 Å². The molecule has 0 aliphatic rings. The van der Waals surface area contributed by atoms with Crippen LogP contribution in [0.3, 0.4) is 0 Å². The van der Waals surface area contributed by atoms with Gasteiger partial charge in [-0.15, -0.1) is 0 Å². The highest BCUT2D eigenvalue weighted by atomic mass is 15.1. The van der Waals surface area contributed by atoms with Crippen LogP contribution in [0.1, 0.15) is 6.85 Å². The van der Waals surface area contributed by atoms with E-state index in [-0.39, 0.29) is 29.7 Å². The van der Waals surface area contributed by atoms with Gasteiger partial charge in [0.25, 0.3) is 0 Å². The topological polar surface area (TPSA) is 8.17 Å².